The second-order valence-corrected chi connectivity index (χ2v) is 7.28. The number of likely N-dealkylation sites (N-methyl/N-ethyl adjacent to an activating group) is 1. The first-order chi connectivity index (χ1) is 12.5. The zero-order valence-electron chi connectivity index (χ0n) is 16.7. The number of nitrogens with one attached hydrogen (secondary N) is 1. The molecule has 0 radical (unpaired) electrons. The maximum atomic E-state index is 12.0. The molecule has 1 aliphatic carbocycles. The van der Waals surface area contributed by atoms with E-state index >= 15 is 0 Å². The number of carbonyl (C=O) groups is 1. The van der Waals surface area contributed by atoms with Gasteiger partial charge in [-0.2, -0.15) is 0 Å². The Kier molecular flexibility index (Phi) is 8.23. The van der Waals surface area contributed by atoms with Crippen LogP contribution in [0.4, 0.5) is 0 Å². The van der Waals surface area contributed by atoms with Gasteiger partial charge in [-0.3, -0.25) is 4.79 Å². The van der Waals surface area contributed by atoms with E-state index in [1.165, 1.54) is 49.0 Å². The van der Waals surface area contributed by atoms with E-state index < -0.39 is 6.10 Å². The summed E-state index contributed by atoms with van der Waals surface area (Å²) >= 11 is 0. The summed E-state index contributed by atoms with van der Waals surface area (Å²) in [5.74, 6) is 1.25. The lowest BCUT2D eigenvalue weighted by Crippen LogP contribution is -2.35. The molecule has 1 fully saturated rings. The van der Waals surface area contributed by atoms with Crippen molar-refractivity contribution in [2.75, 3.05) is 20.7 Å². The van der Waals surface area contributed by atoms with Gasteiger partial charge in [0.15, 0.2) is 17.6 Å². The standard InChI is InChI=1S/C21H34N2O3/c1-5-25-20-14-17(15-22-18-10-8-6-7-9-11-18)12-13-19(20)26-16(2)21(24)23(3)4/h12-14,16,18,22H,5-11,15H2,1-4H3. The first kappa shape index (κ1) is 20.6. The Morgan fingerprint density at radius 1 is 1.19 bits per heavy atom. The summed E-state index contributed by atoms with van der Waals surface area (Å²) in [4.78, 5) is 13.6. The number of nitrogens with zero attached hydrogens (tertiary/aromatic N) is 1. The fourth-order valence-corrected chi connectivity index (χ4v) is 3.38. The minimum atomic E-state index is -0.542. The van der Waals surface area contributed by atoms with E-state index in [-0.39, 0.29) is 5.91 Å². The minimum Gasteiger partial charge on any atom is -0.490 e. The highest BCUT2D eigenvalue weighted by atomic mass is 16.5. The van der Waals surface area contributed by atoms with Crippen LogP contribution >= 0.6 is 0 Å². The molecule has 0 bridgehead atoms. The maximum absolute atomic E-state index is 12.0. The van der Waals surface area contributed by atoms with Gasteiger partial charge < -0.3 is 19.7 Å². The van der Waals surface area contributed by atoms with Gasteiger partial charge in [0.05, 0.1) is 6.61 Å². The summed E-state index contributed by atoms with van der Waals surface area (Å²) in [7, 11) is 3.46. The highest BCUT2D eigenvalue weighted by Crippen LogP contribution is 2.30. The third-order valence-corrected chi connectivity index (χ3v) is 4.85. The van der Waals surface area contributed by atoms with Crippen LogP contribution in [0.1, 0.15) is 57.9 Å². The lowest BCUT2D eigenvalue weighted by molar-refractivity contribution is -0.135. The minimum absolute atomic E-state index is 0.0634. The Hall–Kier alpha value is -1.75. The van der Waals surface area contributed by atoms with Crippen LogP contribution in [0.3, 0.4) is 0 Å². The Balaban J connectivity index is 2.01. The molecule has 1 saturated carbocycles. The van der Waals surface area contributed by atoms with Gasteiger partial charge in [-0.15, -0.1) is 0 Å². The highest BCUT2D eigenvalue weighted by molar-refractivity contribution is 5.80. The molecule has 0 heterocycles. The van der Waals surface area contributed by atoms with E-state index in [9.17, 15) is 4.79 Å². The van der Waals surface area contributed by atoms with Gasteiger partial charge >= 0.3 is 0 Å². The molecule has 1 N–H and O–H groups in total. The average molecular weight is 363 g/mol. The summed E-state index contributed by atoms with van der Waals surface area (Å²) in [6.07, 6.45) is 7.37. The third kappa shape index (κ3) is 6.20. The summed E-state index contributed by atoms with van der Waals surface area (Å²) in [5.41, 5.74) is 1.18. The van der Waals surface area contributed by atoms with E-state index in [1.807, 2.05) is 19.1 Å². The molecule has 1 amide bonds. The van der Waals surface area contributed by atoms with Gasteiger partial charge in [0.25, 0.3) is 5.91 Å². The first-order valence-corrected chi connectivity index (χ1v) is 9.88. The molecule has 1 aromatic rings. The second kappa shape index (κ2) is 10.4. The van der Waals surface area contributed by atoms with Crippen LogP contribution in [-0.4, -0.2) is 43.7 Å². The van der Waals surface area contributed by atoms with Crippen LogP contribution in [-0.2, 0) is 11.3 Å². The number of benzene rings is 1. The number of hydrogen-bond acceptors (Lipinski definition) is 4. The lowest BCUT2D eigenvalue weighted by atomic mass is 10.1. The number of hydrogen-bond donors (Lipinski definition) is 1. The largest absolute Gasteiger partial charge is 0.490 e. The maximum Gasteiger partial charge on any atom is 0.262 e. The number of carbonyl (C=O) groups excluding carboxylic acids is 1. The SMILES string of the molecule is CCOc1cc(CNC2CCCCCC2)ccc1OC(C)C(=O)N(C)C. The Bertz CT molecular complexity index is 566. The van der Waals surface area contributed by atoms with Crippen molar-refractivity contribution in [2.24, 2.45) is 0 Å². The first-order valence-electron chi connectivity index (χ1n) is 9.88. The predicted octanol–water partition coefficient (Wildman–Crippen LogP) is 3.75. The summed E-state index contributed by atoms with van der Waals surface area (Å²) in [5, 5.41) is 3.68. The monoisotopic (exact) mass is 362 g/mol. The molecule has 0 aromatic heterocycles. The predicted molar refractivity (Wildman–Crippen MR) is 105 cm³/mol. The Labute approximate surface area is 158 Å². The smallest absolute Gasteiger partial charge is 0.262 e. The van der Waals surface area contributed by atoms with Gasteiger partial charge in [-0.25, -0.2) is 0 Å². The van der Waals surface area contributed by atoms with Crippen molar-refractivity contribution >= 4 is 5.91 Å². The van der Waals surface area contributed by atoms with Crippen molar-refractivity contribution < 1.29 is 14.3 Å². The van der Waals surface area contributed by atoms with E-state index in [0.29, 0.717) is 24.1 Å². The second-order valence-electron chi connectivity index (χ2n) is 7.28. The molecule has 1 aromatic carbocycles. The highest BCUT2D eigenvalue weighted by Gasteiger charge is 2.19. The van der Waals surface area contributed by atoms with Gasteiger partial charge in [-0.1, -0.05) is 31.7 Å². The zero-order chi connectivity index (χ0) is 18.9. The lowest BCUT2D eigenvalue weighted by Gasteiger charge is -2.21. The van der Waals surface area contributed by atoms with Crippen molar-refractivity contribution in [3.05, 3.63) is 23.8 Å². The topological polar surface area (TPSA) is 50.8 Å². The third-order valence-electron chi connectivity index (χ3n) is 4.85. The normalized spacial score (nSPS) is 16.6. The van der Waals surface area contributed by atoms with Crippen molar-refractivity contribution in [3.63, 3.8) is 0 Å². The van der Waals surface area contributed by atoms with Gasteiger partial charge in [0, 0.05) is 26.7 Å². The summed E-state index contributed by atoms with van der Waals surface area (Å²) in [6, 6.07) is 6.60. The fourth-order valence-electron chi connectivity index (χ4n) is 3.38. The van der Waals surface area contributed by atoms with E-state index in [2.05, 4.69) is 11.4 Å². The molecule has 1 aliphatic rings. The van der Waals surface area contributed by atoms with Crippen molar-refractivity contribution in [2.45, 2.75) is 71.1 Å². The van der Waals surface area contributed by atoms with Crippen LogP contribution in [0.2, 0.25) is 0 Å². The molecule has 5 nitrogen and oxygen atoms in total. The molecular weight excluding hydrogens is 328 g/mol. The number of rotatable bonds is 8. The molecule has 0 aliphatic heterocycles. The van der Waals surface area contributed by atoms with Crippen LogP contribution in [0.5, 0.6) is 11.5 Å². The van der Waals surface area contributed by atoms with Gasteiger partial charge in [-0.05, 0) is 44.4 Å². The molecule has 1 unspecified atom stereocenters. The molecule has 5 heteroatoms. The molecule has 26 heavy (non-hydrogen) atoms. The van der Waals surface area contributed by atoms with Crippen molar-refractivity contribution in [1.82, 2.24) is 10.2 Å². The van der Waals surface area contributed by atoms with E-state index in [0.717, 1.165) is 6.54 Å². The van der Waals surface area contributed by atoms with Crippen LogP contribution in [0, 0.1) is 0 Å². The van der Waals surface area contributed by atoms with Gasteiger partial charge in [0.2, 0.25) is 0 Å². The van der Waals surface area contributed by atoms with E-state index in [4.69, 9.17) is 9.47 Å². The van der Waals surface area contributed by atoms with Gasteiger partial charge in [0.1, 0.15) is 0 Å². The van der Waals surface area contributed by atoms with Crippen LogP contribution < -0.4 is 14.8 Å². The van der Waals surface area contributed by atoms with Crippen molar-refractivity contribution in [3.8, 4) is 11.5 Å². The fraction of sp³-hybridized carbons (Fsp3) is 0.667. The molecule has 1 atom stereocenters. The molecule has 2 rings (SSSR count). The quantitative estimate of drug-likeness (QED) is 0.716. The molecule has 0 spiro atoms. The molecular formula is C21H34N2O3. The van der Waals surface area contributed by atoms with Crippen LogP contribution in [0.15, 0.2) is 18.2 Å². The molecule has 146 valence electrons. The Morgan fingerprint density at radius 3 is 2.50 bits per heavy atom. The van der Waals surface area contributed by atoms with E-state index in [1.54, 1.807) is 21.0 Å². The number of ether oxygens (including phenoxy) is 2. The number of amides is 1. The summed E-state index contributed by atoms with van der Waals surface area (Å²) in [6.45, 7) is 5.11. The average Bonchev–Trinajstić information content (AvgIpc) is 2.90. The Morgan fingerprint density at radius 2 is 1.88 bits per heavy atom. The van der Waals surface area contributed by atoms with Crippen molar-refractivity contribution in [1.29, 1.82) is 0 Å². The zero-order valence-corrected chi connectivity index (χ0v) is 16.7. The summed E-state index contributed by atoms with van der Waals surface area (Å²) < 4.78 is 11.6. The molecule has 0 saturated heterocycles. The van der Waals surface area contributed by atoms with Crippen LogP contribution in [0.25, 0.3) is 0 Å².